The minimum Gasteiger partial charge on any atom is -0.454 e. The number of alkyl halides is 2. The van der Waals surface area contributed by atoms with Crippen LogP contribution in [0.3, 0.4) is 0 Å². The maximum Gasteiger partial charge on any atom is 0.338 e. The van der Waals surface area contributed by atoms with E-state index >= 15 is 0 Å². The highest BCUT2D eigenvalue weighted by Gasteiger charge is 2.66. The number of hydrogen-bond acceptors (Lipinski definition) is 5. The van der Waals surface area contributed by atoms with Crippen molar-refractivity contribution in [2.75, 3.05) is 11.5 Å². The van der Waals surface area contributed by atoms with E-state index in [1.165, 1.54) is 11.0 Å². The van der Waals surface area contributed by atoms with Crippen LogP contribution >= 0.6 is 31.9 Å². The number of fused-ring (bicyclic) bond motifs is 5. The summed E-state index contributed by atoms with van der Waals surface area (Å²) >= 11 is 7.37. The van der Waals surface area contributed by atoms with Gasteiger partial charge in [-0.15, -0.1) is 0 Å². The van der Waals surface area contributed by atoms with E-state index in [0.29, 0.717) is 11.3 Å². The first-order chi connectivity index (χ1) is 16.2. The molecule has 2 aromatic carbocycles. The van der Waals surface area contributed by atoms with Crippen LogP contribution in [0.4, 0.5) is 5.69 Å². The molecule has 2 aliphatic carbocycles. The third kappa shape index (κ3) is 3.66. The van der Waals surface area contributed by atoms with Gasteiger partial charge in [0, 0.05) is 15.2 Å². The van der Waals surface area contributed by atoms with Gasteiger partial charge in [0.1, 0.15) is 0 Å². The van der Waals surface area contributed by atoms with Crippen LogP contribution in [0.15, 0.2) is 42.5 Å². The van der Waals surface area contributed by atoms with Gasteiger partial charge < -0.3 is 4.74 Å². The van der Waals surface area contributed by atoms with Gasteiger partial charge in [0.25, 0.3) is 0 Å². The molecule has 0 spiro atoms. The molecule has 1 saturated heterocycles. The van der Waals surface area contributed by atoms with Crippen LogP contribution in [0.25, 0.3) is 0 Å². The second-order valence-electron chi connectivity index (χ2n) is 9.36. The SMILES string of the molecule is Cc1ccc(C(=O)COC(=O)c2cccc(N3C(=O)[C@@H]4[C@H]5C[C@H]([C@H](Br)[C@@H]5Br)[C@@H]4C3=O)c2)cc1C. The van der Waals surface area contributed by atoms with E-state index in [4.69, 9.17) is 4.74 Å². The molecule has 8 heteroatoms. The van der Waals surface area contributed by atoms with Gasteiger partial charge in [-0.05, 0) is 67.5 Å². The Kier molecular flexibility index (Phi) is 6.01. The first-order valence-corrected chi connectivity index (χ1v) is 13.1. The third-order valence-electron chi connectivity index (χ3n) is 7.49. The summed E-state index contributed by atoms with van der Waals surface area (Å²) in [7, 11) is 0. The predicted molar refractivity (Wildman–Crippen MR) is 133 cm³/mol. The number of benzene rings is 2. The molecule has 3 aliphatic rings. The molecule has 0 radical (unpaired) electrons. The number of aryl methyl sites for hydroxylation is 2. The molecule has 176 valence electrons. The highest BCUT2D eigenvalue weighted by atomic mass is 79.9. The Balaban J connectivity index is 1.30. The van der Waals surface area contributed by atoms with Crippen LogP contribution in [0.2, 0.25) is 0 Å². The molecule has 2 aromatic rings. The fraction of sp³-hybridized carbons (Fsp3) is 0.385. The van der Waals surface area contributed by atoms with E-state index in [-0.39, 0.29) is 63.1 Å². The molecule has 6 atom stereocenters. The zero-order valence-electron chi connectivity index (χ0n) is 18.7. The van der Waals surface area contributed by atoms with Gasteiger partial charge in [0.15, 0.2) is 12.4 Å². The van der Waals surface area contributed by atoms with Gasteiger partial charge in [-0.25, -0.2) is 4.79 Å². The average Bonchev–Trinajstić information content (AvgIpc) is 3.43. The van der Waals surface area contributed by atoms with Crippen LogP contribution in [-0.4, -0.2) is 39.8 Å². The lowest BCUT2D eigenvalue weighted by atomic mass is 9.81. The van der Waals surface area contributed by atoms with E-state index in [0.717, 1.165) is 17.5 Å². The molecule has 34 heavy (non-hydrogen) atoms. The maximum atomic E-state index is 13.3. The number of Topliss-reactive ketones (excluding diaryl/α,β-unsaturated/α-hetero) is 1. The first kappa shape index (κ1) is 23.4. The van der Waals surface area contributed by atoms with E-state index in [1.54, 1.807) is 30.3 Å². The normalized spacial score (nSPS) is 29.5. The van der Waals surface area contributed by atoms with Crippen LogP contribution in [0.5, 0.6) is 0 Å². The predicted octanol–water partition coefficient (Wildman–Crippen LogP) is 4.63. The summed E-state index contributed by atoms with van der Waals surface area (Å²) in [6.45, 7) is 3.49. The van der Waals surface area contributed by atoms with Gasteiger partial charge in [0.2, 0.25) is 11.8 Å². The molecule has 1 heterocycles. The molecule has 5 rings (SSSR count). The summed E-state index contributed by atoms with van der Waals surface area (Å²) in [6.07, 6.45) is 0.855. The van der Waals surface area contributed by atoms with E-state index in [9.17, 15) is 19.2 Å². The standard InChI is InChI=1S/C26H23Br2NO5/c1-12-6-7-14(8-13(12)2)19(30)11-34-26(33)15-4-3-5-16(9-15)29-24(31)20-17-10-18(21(20)25(29)32)23(28)22(17)27/h3-9,17-18,20-23H,10-11H2,1-2H3/t17-,18+,20-,21+,22-,23+. The molecule has 0 N–H and O–H groups in total. The van der Waals surface area contributed by atoms with E-state index in [1.807, 2.05) is 19.9 Å². The van der Waals surface area contributed by atoms with Crippen molar-refractivity contribution in [3.05, 3.63) is 64.7 Å². The fourth-order valence-corrected chi connectivity index (χ4v) is 7.46. The Morgan fingerprint density at radius 3 is 2.18 bits per heavy atom. The zero-order chi connectivity index (χ0) is 24.3. The van der Waals surface area contributed by atoms with E-state index in [2.05, 4.69) is 31.9 Å². The quantitative estimate of drug-likeness (QED) is 0.220. The number of ether oxygens (including phenoxy) is 1. The smallest absolute Gasteiger partial charge is 0.338 e. The van der Waals surface area contributed by atoms with Gasteiger partial charge in [-0.3, -0.25) is 19.3 Å². The fourth-order valence-electron chi connectivity index (χ4n) is 5.59. The molecular weight excluding hydrogens is 566 g/mol. The van der Waals surface area contributed by atoms with Crippen molar-refractivity contribution in [1.29, 1.82) is 0 Å². The Morgan fingerprint density at radius 2 is 1.56 bits per heavy atom. The lowest BCUT2D eigenvalue weighted by Gasteiger charge is -2.28. The Labute approximate surface area is 214 Å². The summed E-state index contributed by atoms with van der Waals surface area (Å²) in [6, 6.07) is 11.6. The number of imide groups is 1. The van der Waals surface area contributed by atoms with Crippen molar-refractivity contribution in [2.24, 2.45) is 23.7 Å². The minimum absolute atomic E-state index is 0.116. The van der Waals surface area contributed by atoms with Crippen LogP contribution in [-0.2, 0) is 14.3 Å². The summed E-state index contributed by atoms with van der Waals surface area (Å²) in [4.78, 5) is 53.1. The molecular formula is C26H23Br2NO5. The maximum absolute atomic E-state index is 13.3. The van der Waals surface area contributed by atoms with Crippen molar-refractivity contribution in [3.8, 4) is 0 Å². The molecule has 2 bridgehead atoms. The van der Waals surface area contributed by atoms with Crippen molar-refractivity contribution in [1.82, 2.24) is 0 Å². The van der Waals surface area contributed by atoms with Gasteiger partial charge >= 0.3 is 5.97 Å². The van der Waals surface area contributed by atoms with Crippen molar-refractivity contribution in [2.45, 2.75) is 29.9 Å². The van der Waals surface area contributed by atoms with Gasteiger partial charge in [-0.2, -0.15) is 0 Å². The molecule has 2 amide bonds. The largest absolute Gasteiger partial charge is 0.454 e. The summed E-state index contributed by atoms with van der Waals surface area (Å²) in [5.74, 6) is -1.82. The number of carbonyl (C=O) groups excluding carboxylic acids is 4. The monoisotopic (exact) mass is 587 g/mol. The molecule has 6 nitrogen and oxygen atoms in total. The average molecular weight is 589 g/mol. The van der Waals surface area contributed by atoms with Gasteiger partial charge in [0.05, 0.1) is 23.1 Å². The Morgan fingerprint density at radius 1 is 0.912 bits per heavy atom. The second-order valence-corrected chi connectivity index (χ2v) is 11.5. The molecule has 3 fully saturated rings. The number of esters is 1. The molecule has 0 aromatic heterocycles. The van der Waals surface area contributed by atoms with Crippen LogP contribution in [0, 0.1) is 37.5 Å². The number of anilines is 1. The first-order valence-electron chi connectivity index (χ1n) is 11.2. The van der Waals surface area contributed by atoms with Gasteiger partial charge in [-0.1, -0.05) is 50.1 Å². The van der Waals surface area contributed by atoms with Crippen molar-refractivity contribution in [3.63, 3.8) is 0 Å². The lowest BCUT2D eigenvalue weighted by Crippen LogP contribution is -2.37. The second kappa shape index (κ2) is 8.72. The van der Waals surface area contributed by atoms with Crippen LogP contribution in [0.1, 0.15) is 38.3 Å². The highest BCUT2D eigenvalue weighted by Crippen LogP contribution is 2.60. The van der Waals surface area contributed by atoms with Crippen molar-refractivity contribution < 1.29 is 23.9 Å². The van der Waals surface area contributed by atoms with E-state index < -0.39 is 5.97 Å². The third-order valence-corrected chi connectivity index (χ3v) is 10.7. The molecule has 0 unspecified atom stereocenters. The zero-order valence-corrected chi connectivity index (χ0v) is 21.8. The molecule has 2 saturated carbocycles. The topological polar surface area (TPSA) is 80.8 Å². The number of halogens is 2. The summed E-state index contributed by atoms with van der Waals surface area (Å²) in [5, 5.41) is 0. The number of ketones is 1. The Hall–Kier alpha value is -2.32. The van der Waals surface area contributed by atoms with Crippen molar-refractivity contribution >= 4 is 61.1 Å². The molecule has 1 aliphatic heterocycles. The van der Waals surface area contributed by atoms with Crippen LogP contribution < -0.4 is 4.90 Å². The Bertz CT molecular complexity index is 1200. The number of amides is 2. The number of rotatable bonds is 5. The highest BCUT2D eigenvalue weighted by molar-refractivity contribution is 9.12. The summed E-state index contributed by atoms with van der Waals surface area (Å²) in [5.41, 5.74) is 3.08. The minimum atomic E-state index is -0.681. The number of carbonyl (C=O) groups is 4. The lowest BCUT2D eigenvalue weighted by molar-refractivity contribution is -0.123. The summed E-state index contributed by atoms with van der Waals surface area (Å²) < 4.78 is 5.24. The number of nitrogens with zero attached hydrogens (tertiary/aromatic N) is 1. The number of hydrogen-bond donors (Lipinski definition) is 0.